The first-order valence-electron chi connectivity index (χ1n) is 6.84. The summed E-state index contributed by atoms with van der Waals surface area (Å²) in [6, 6.07) is 0. The zero-order valence-electron chi connectivity index (χ0n) is 11.2. The van der Waals surface area contributed by atoms with Crippen molar-refractivity contribution in [3.8, 4) is 0 Å². The van der Waals surface area contributed by atoms with Crippen molar-refractivity contribution in [3.63, 3.8) is 0 Å². The fourth-order valence-electron chi connectivity index (χ4n) is 3.54. The Balaban J connectivity index is 1.70. The zero-order chi connectivity index (χ0) is 13.6. The molecule has 2 aliphatic rings. The van der Waals surface area contributed by atoms with Gasteiger partial charge in [-0.1, -0.05) is 17.8 Å². The molecule has 0 saturated heterocycles. The van der Waals surface area contributed by atoms with Gasteiger partial charge in [0, 0.05) is 12.8 Å². The van der Waals surface area contributed by atoms with Crippen molar-refractivity contribution in [1.82, 2.24) is 4.98 Å². The molecule has 102 valence electrons. The molecule has 0 aromatic carbocycles. The Morgan fingerprint density at radius 1 is 1.32 bits per heavy atom. The van der Waals surface area contributed by atoms with Gasteiger partial charge >= 0.3 is 0 Å². The highest BCUT2D eigenvalue weighted by molar-refractivity contribution is 7.17. The van der Waals surface area contributed by atoms with Gasteiger partial charge in [0.15, 0.2) is 10.9 Å². The molecule has 3 atom stereocenters. The van der Waals surface area contributed by atoms with Crippen LogP contribution in [0.1, 0.15) is 48.0 Å². The highest BCUT2D eigenvalue weighted by Gasteiger charge is 2.43. The second-order valence-corrected chi connectivity index (χ2v) is 6.76. The number of aryl methyl sites for hydroxylation is 1. The summed E-state index contributed by atoms with van der Waals surface area (Å²) in [6.45, 7) is 3.34. The lowest BCUT2D eigenvalue weighted by Gasteiger charge is -2.19. The summed E-state index contributed by atoms with van der Waals surface area (Å²) in [5.41, 5.74) is 0.709. The number of fused-ring (bicyclic) bond motifs is 2. The predicted molar refractivity (Wildman–Crippen MR) is 74.4 cm³/mol. The minimum absolute atomic E-state index is 0.00965. The normalized spacial score (nSPS) is 28.6. The monoisotopic (exact) mass is 278 g/mol. The van der Waals surface area contributed by atoms with Crippen LogP contribution in [0.2, 0.25) is 0 Å². The summed E-state index contributed by atoms with van der Waals surface area (Å²) in [6.07, 6.45) is 4.73. The molecular formula is C14H18N2O2S. The number of carbonyl (C=O) groups excluding carboxylic acids is 2. The number of rotatable bonds is 3. The fraction of sp³-hybridized carbons (Fsp3) is 0.643. The van der Waals surface area contributed by atoms with E-state index in [1.54, 1.807) is 6.92 Å². The molecule has 1 N–H and O–H groups in total. The van der Waals surface area contributed by atoms with Crippen molar-refractivity contribution in [2.75, 3.05) is 5.32 Å². The fourth-order valence-corrected chi connectivity index (χ4v) is 4.41. The quantitative estimate of drug-likeness (QED) is 0.865. The number of thiazole rings is 1. The van der Waals surface area contributed by atoms with Crippen LogP contribution < -0.4 is 5.32 Å². The van der Waals surface area contributed by atoms with E-state index in [9.17, 15) is 9.59 Å². The van der Waals surface area contributed by atoms with Gasteiger partial charge in [-0.05, 0) is 38.0 Å². The summed E-state index contributed by atoms with van der Waals surface area (Å²) in [7, 11) is 0. The second-order valence-electron chi connectivity index (χ2n) is 5.76. The molecule has 0 spiro atoms. The number of aromatic nitrogens is 1. The van der Waals surface area contributed by atoms with Gasteiger partial charge in [-0.15, -0.1) is 0 Å². The van der Waals surface area contributed by atoms with Crippen LogP contribution in [0.5, 0.6) is 0 Å². The Bertz CT molecular complexity index is 538. The van der Waals surface area contributed by atoms with Gasteiger partial charge in [-0.3, -0.25) is 9.59 Å². The molecule has 1 aromatic heterocycles. The number of nitrogens with one attached hydrogen (secondary N) is 1. The van der Waals surface area contributed by atoms with Crippen molar-refractivity contribution in [2.45, 2.75) is 39.5 Å². The van der Waals surface area contributed by atoms with E-state index in [0.717, 1.165) is 12.3 Å². The average Bonchev–Trinajstić information content (AvgIpc) is 3.03. The third-order valence-electron chi connectivity index (χ3n) is 4.42. The topological polar surface area (TPSA) is 59.1 Å². The lowest BCUT2D eigenvalue weighted by atomic mass is 9.88. The number of nitrogens with zero attached hydrogens (tertiary/aromatic N) is 1. The molecule has 2 saturated carbocycles. The van der Waals surface area contributed by atoms with E-state index >= 15 is 0 Å². The molecule has 2 bridgehead atoms. The summed E-state index contributed by atoms with van der Waals surface area (Å²) in [5.74, 6) is 1.58. The third kappa shape index (κ3) is 2.31. The number of carbonyl (C=O) groups is 2. The Labute approximate surface area is 116 Å². The number of anilines is 1. The van der Waals surface area contributed by atoms with E-state index in [4.69, 9.17) is 0 Å². The summed E-state index contributed by atoms with van der Waals surface area (Å²) < 4.78 is 0. The van der Waals surface area contributed by atoms with Crippen LogP contribution in [0, 0.1) is 24.7 Å². The summed E-state index contributed by atoms with van der Waals surface area (Å²) in [5, 5.41) is 3.47. The van der Waals surface area contributed by atoms with E-state index in [-0.39, 0.29) is 17.6 Å². The van der Waals surface area contributed by atoms with E-state index in [1.807, 2.05) is 0 Å². The molecular weight excluding hydrogens is 260 g/mol. The minimum Gasteiger partial charge on any atom is -0.302 e. The van der Waals surface area contributed by atoms with E-state index in [0.29, 0.717) is 21.6 Å². The zero-order valence-corrected chi connectivity index (χ0v) is 12.0. The number of amides is 1. The molecule has 4 nitrogen and oxygen atoms in total. The van der Waals surface area contributed by atoms with Gasteiger partial charge in [-0.25, -0.2) is 4.98 Å². The van der Waals surface area contributed by atoms with E-state index < -0.39 is 0 Å². The molecule has 1 aromatic rings. The summed E-state index contributed by atoms with van der Waals surface area (Å²) in [4.78, 5) is 28.6. The minimum atomic E-state index is 0.00965. The van der Waals surface area contributed by atoms with Crippen LogP contribution in [-0.2, 0) is 4.79 Å². The highest BCUT2D eigenvalue weighted by atomic mass is 32.1. The van der Waals surface area contributed by atoms with Crippen molar-refractivity contribution < 1.29 is 9.59 Å². The van der Waals surface area contributed by atoms with Crippen LogP contribution in [0.25, 0.3) is 0 Å². The largest absolute Gasteiger partial charge is 0.302 e. The van der Waals surface area contributed by atoms with Gasteiger partial charge in [0.05, 0.1) is 10.6 Å². The molecule has 1 amide bonds. The van der Waals surface area contributed by atoms with Crippen LogP contribution in [0.4, 0.5) is 5.13 Å². The average molecular weight is 278 g/mol. The smallest absolute Gasteiger partial charge is 0.229 e. The van der Waals surface area contributed by atoms with E-state index in [1.165, 1.54) is 37.5 Å². The van der Waals surface area contributed by atoms with Gasteiger partial charge in [-0.2, -0.15) is 0 Å². The van der Waals surface area contributed by atoms with Crippen molar-refractivity contribution in [1.29, 1.82) is 0 Å². The lowest BCUT2D eigenvalue weighted by Crippen LogP contribution is -2.27. The van der Waals surface area contributed by atoms with Crippen molar-refractivity contribution in [2.24, 2.45) is 17.8 Å². The standard InChI is InChI=1S/C14H18N2O2S/c1-7-12(8(2)17)19-14(15-7)16-13(18)11-6-9-3-4-10(11)5-9/h9-11H,3-6H2,1-2H3,(H,15,16,18)/t9-,10-,11+/m1/s1. The van der Waals surface area contributed by atoms with Gasteiger partial charge < -0.3 is 5.32 Å². The van der Waals surface area contributed by atoms with E-state index in [2.05, 4.69) is 10.3 Å². The maximum Gasteiger partial charge on any atom is 0.229 e. The SMILES string of the molecule is CC(=O)c1sc(NC(=O)[C@H]2C[C@@H]3CC[C@@H]2C3)nc1C. The number of hydrogen-bond acceptors (Lipinski definition) is 4. The predicted octanol–water partition coefficient (Wildman–Crippen LogP) is 3.03. The Hall–Kier alpha value is -1.23. The molecule has 0 aliphatic heterocycles. The molecule has 3 rings (SSSR count). The van der Waals surface area contributed by atoms with Crippen LogP contribution in [-0.4, -0.2) is 16.7 Å². The molecule has 5 heteroatoms. The number of hydrogen-bond donors (Lipinski definition) is 1. The van der Waals surface area contributed by atoms with Crippen molar-refractivity contribution >= 4 is 28.2 Å². The highest BCUT2D eigenvalue weighted by Crippen LogP contribution is 2.48. The van der Waals surface area contributed by atoms with Crippen LogP contribution in [0.3, 0.4) is 0 Å². The lowest BCUT2D eigenvalue weighted by molar-refractivity contribution is -0.121. The number of Topliss-reactive ketones (excluding diaryl/α,β-unsaturated/α-hetero) is 1. The second kappa shape index (κ2) is 4.71. The molecule has 1 heterocycles. The third-order valence-corrected chi connectivity index (χ3v) is 5.60. The van der Waals surface area contributed by atoms with Gasteiger partial charge in [0.25, 0.3) is 0 Å². The van der Waals surface area contributed by atoms with Crippen molar-refractivity contribution in [3.05, 3.63) is 10.6 Å². The first-order valence-corrected chi connectivity index (χ1v) is 7.65. The first kappa shape index (κ1) is 12.8. The molecule has 2 fully saturated rings. The number of ketones is 1. The molecule has 0 radical (unpaired) electrons. The van der Waals surface area contributed by atoms with Crippen LogP contribution in [0.15, 0.2) is 0 Å². The Kier molecular flexibility index (Phi) is 3.17. The maximum absolute atomic E-state index is 12.3. The van der Waals surface area contributed by atoms with Gasteiger partial charge in [0.2, 0.25) is 5.91 Å². The molecule has 2 aliphatic carbocycles. The van der Waals surface area contributed by atoms with Crippen LogP contribution >= 0.6 is 11.3 Å². The molecule has 19 heavy (non-hydrogen) atoms. The summed E-state index contributed by atoms with van der Waals surface area (Å²) >= 11 is 1.28. The first-order chi connectivity index (χ1) is 9.04. The molecule has 0 unspecified atom stereocenters. The Morgan fingerprint density at radius 2 is 2.11 bits per heavy atom. The Morgan fingerprint density at radius 3 is 2.63 bits per heavy atom. The maximum atomic E-state index is 12.3. The van der Waals surface area contributed by atoms with Gasteiger partial charge in [0.1, 0.15) is 0 Å².